The van der Waals surface area contributed by atoms with Gasteiger partial charge in [-0.15, -0.1) is 0 Å². The van der Waals surface area contributed by atoms with Crippen LogP contribution in [0.1, 0.15) is 52.0 Å². The number of rotatable bonds is 2. The van der Waals surface area contributed by atoms with Gasteiger partial charge in [0.15, 0.2) is 9.84 Å². The molecule has 1 aliphatic rings. The first kappa shape index (κ1) is 15.5. The van der Waals surface area contributed by atoms with E-state index in [4.69, 9.17) is 0 Å². The average Bonchev–Trinajstić information content (AvgIpc) is 2.38. The van der Waals surface area contributed by atoms with E-state index in [0.717, 1.165) is 18.4 Å². The van der Waals surface area contributed by atoms with E-state index in [9.17, 15) is 13.5 Å². The Kier molecular flexibility index (Phi) is 4.26. The third-order valence-electron chi connectivity index (χ3n) is 4.09. The smallest absolute Gasteiger partial charge is 0.181 e. The molecule has 4 heteroatoms. The fourth-order valence-corrected chi connectivity index (χ4v) is 4.59. The SMILES string of the molecule is CC(C)(C)c1ccc(S(=O)(=O)[C@H]2CCC[C@H](O)C2)cc1. The summed E-state index contributed by atoms with van der Waals surface area (Å²) in [5.74, 6) is 0. The van der Waals surface area contributed by atoms with Crippen LogP contribution in [0.25, 0.3) is 0 Å². The van der Waals surface area contributed by atoms with E-state index in [-0.39, 0.29) is 5.41 Å². The summed E-state index contributed by atoms with van der Waals surface area (Å²) in [6, 6.07) is 7.20. The van der Waals surface area contributed by atoms with Crippen LogP contribution in [0.2, 0.25) is 0 Å². The number of hydrogen-bond donors (Lipinski definition) is 1. The molecule has 2 rings (SSSR count). The lowest BCUT2D eigenvalue weighted by molar-refractivity contribution is 0.131. The van der Waals surface area contributed by atoms with Gasteiger partial charge in [-0.05, 0) is 48.8 Å². The van der Waals surface area contributed by atoms with E-state index < -0.39 is 21.2 Å². The van der Waals surface area contributed by atoms with Crippen molar-refractivity contribution in [1.29, 1.82) is 0 Å². The molecule has 0 unspecified atom stereocenters. The molecule has 0 amide bonds. The molecule has 0 heterocycles. The monoisotopic (exact) mass is 296 g/mol. The predicted molar refractivity (Wildman–Crippen MR) is 80.6 cm³/mol. The first-order chi connectivity index (χ1) is 9.21. The van der Waals surface area contributed by atoms with Crippen molar-refractivity contribution in [2.75, 3.05) is 0 Å². The first-order valence-corrected chi connectivity index (χ1v) is 8.78. The molecule has 1 aromatic rings. The molecule has 20 heavy (non-hydrogen) atoms. The Labute approximate surface area is 121 Å². The maximum atomic E-state index is 12.6. The van der Waals surface area contributed by atoms with Gasteiger partial charge in [-0.1, -0.05) is 32.9 Å². The summed E-state index contributed by atoms with van der Waals surface area (Å²) in [7, 11) is -3.32. The quantitative estimate of drug-likeness (QED) is 0.912. The van der Waals surface area contributed by atoms with Crippen molar-refractivity contribution in [3.8, 4) is 0 Å². The van der Waals surface area contributed by atoms with Gasteiger partial charge in [0, 0.05) is 0 Å². The van der Waals surface area contributed by atoms with Gasteiger partial charge in [-0.2, -0.15) is 0 Å². The summed E-state index contributed by atoms with van der Waals surface area (Å²) in [4.78, 5) is 0.379. The summed E-state index contributed by atoms with van der Waals surface area (Å²) in [6.45, 7) is 6.32. The van der Waals surface area contributed by atoms with E-state index in [2.05, 4.69) is 20.8 Å². The summed E-state index contributed by atoms with van der Waals surface area (Å²) >= 11 is 0. The summed E-state index contributed by atoms with van der Waals surface area (Å²) < 4.78 is 25.2. The minimum absolute atomic E-state index is 0.0172. The topological polar surface area (TPSA) is 54.4 Å². The summed E-state index contributed by atoms with van der Waals surface area (Å²) in [5.41, 5.74) is 1.14. The van der Waals surface area contributed by atoms with E-state index in [0.29, 0.717) is 17.7 Å². The minimum Gasteiger partial charge on any atom is -0.393 e. The van der Waals surface area contributed by atoms with Crippen LogP contribution in [-0.4, -0.2) is 24.9 Å². The van der Waals surface area contributed by atoms with Crippen LogP contribution in [0.4, 0.5) is 0 Å². The van der Waals surface area contributed by atoms with Crippen LogP contribution in [0.3, 0.4) is 0 Å². The van der Waals surface area contributed by atoms with Crippen LogP contribution in [0.5, 0.6) is 0 Å². The van der Waals surface area contributed by atoms with Gasteiger partial charge < -0.3 is 5.11 Å². The van der Waals surface area contributed by atoms with Crippen molar-refractivity contribution in [2.45, 2.75) is 68.1 Å². The van der Waals surface area contributed by atoms with Gasteiger partial charge in [0.2, 0.25) is 0 Å². The number of aliphatic hydroxyl groups excluding tert-OH is 1. The zero-order valence-electron chi connectivity index (χ0n) is 12.5. The molecule has 1 aromatic carbocycles. The zero-order chi connectivity index (χ0) is 15.0. The number of aliphatic hydroxyl groups is 1. The molecule has 2 atom stereocenters. The van der Waals surface area contributed by atoms with Gasteiger partial charge in [-0.25, -0.2) is 8.42 Å². The second-order valence-electron chi connectivity index (χ2n) is 6.76. The molecule has 3 nitrogen and oxygen atoms in total. The van der Waals surface area contributed by atoms with Gasteiger partial charge in [0.05, 0.1) is 16.2 Å². The normalized spacial score (nSPS) is 24.6. The lowest BCUT2D eigenvalue weighted by Crippen LogP contribution is -2.30. The largest absolute Gasteiger partial charge is 0.393 e. The Morgan fingerprint density at radius 2 is 1.70 bits per heavy atom. The van der Waals surface area contributed by atoms with E-state index in [1.54, 1.807) is 12.1 Å². The molecular formula is C16H24O3S. The molecule has 0 saturated heterocycles. The zero-order valence-corrected chi connectivity index (χ0v) is 13.3. The van der Waals surface area contributed by atoms with Crippen LogP contribution >= 0.6 is 0 Å². The molecule has 0 aromatic heterocycles. The van der Waals surface area contributed by atoms with Crippen LogP contribution in [0.15, 0.2) is 29.2 Å². The highest BCUT2D eigenvalue weighted by atomic mass is 32.2. The molecule has 0 spiro atoms. The van der Waals surface area contributed by atoms with E-state index in [1.807, 2.05) is 12.1 Å². The first-order valence-electron chi connectivity index (χ1n) is 7.24. The molecule has 0 radical (unpaired) electrons. The second kappa shape index (κ2) is 5.49. The number of hydrogen-bond acceptors (Lipinski definition) is 3. The molecule has 1 fully saturated rings. The van der Waals surface area contributed by atoms with Gasteiger partial charge in [-0.3, -0.25) is 0 Å². The van der Waals surface area contributed by atoms with Crippen molar-refractivity contribution in [3.05, 3.63) is 29.8 Å². The Morgan fingerprint density at radius 1 is 1.10 bits per heavy atom. The molecule has 0 aliphatic heterocycles. The van der Waals surface area contributed by atoms with E-state index in [1.165, 1.54) is 0 Å². The maximum absolute atomic E-state index is 12.6. The van der Waals surface area contributed by atoms with Crippen LogP contribution in [0, 0.1) is 0 Å². The van der Waals surface area contributed by atoms with Crippen molar-refractivity contribution < 1.29 is 13.5 Å². The lowest BCUT2D eigenvalue weighted by atomic mass is 9.87. The molecule has 1 saturated carbocycles. The number of sulfone groups is 1. The third kappa shape index (κ3) is 3.23. The highest BCUT2D eigenvalue weighted by molar-refractivity contribution is 7.92. The van der Waals surface area contributed by atoms with Gasteiger partial charge >= 0.3 is 0 Å². The standard InChI is InChI=1S/C16H24O3S/c1-16(2,3)12-7-9-14(10-8-12)20(18,19)15-6-4-5-13(17)11-15/h7-10,13,15,17H,4-6,11H2,1-3H3/t13-,15-/m0/s1. The fourth-order valence-electron chi connectivity index (χ4n) is 2.74. The molecule has 0 bridgehead atoms. The van der Waals surface area contributed by atoms with Gasteiger partial charge in [0.1, 0.15) is 0 Å². The molecule has 1 N–H and O–H groups in total. The molecular weight excluding hydrogens is 272 g/mol. The van der Waals surface area contributed by atoms with Crippen molar-refractivity contribution >= 4 is 9.84 Å². The highest BCUT2D eigenvalue weighted by Crippen LogP contribution is 2.30. The van der Waals surface area contributed by atoms with Gasteiger partial charge in [0.25, 0.3) is 0 Å². The fraction of sp³-hybridized carbons (Fsp3) is 0.625. The number of benzene rings is 1. The van der Waals surface area contributed by atoms with Crippen LogP contribution in [-0.2, 0) is 15.3 Å². The third-order valence-corrected chi connectivity index (χ3v) is 6.32. The molecule has 1 aliphatic carbocycles. The summed E-state index contributed by atoms with van der Waals surface area (Å²) in [5, 5.41) is 9.24. The maximum Gasteiger partial charge on any atom is 0.181 e. The average molecular weight is 296 g/mol. The molecule has 112 valence electrons. The minimum atomic E-state index is -3.32. The predicted octanol–water partition coefficient (Wildman–Crippen LogP) is 3.06. The Morgan fingerprint density at radius 3 is 2.20 bits per heavy atom. The van der Waals surface area contributed by atoms with Crippen molar-refractivity contribution in [1.82, 2.24) is 0 Å². The second-order valence-corrected chi connectivity index (χ2v) is 8.99. The Hall–Kier alpha value is -0.870. The van der Waals surface area contributed by atoms with Crippen molar-refractivity contribution in [2.24, 2.45) is 0 Å². The van der Waals surface area contributed by atoms with Crippen molar-refractivity contribution in [3.63, 3.8) is 0 Å². The lowest BCUT2D eigenvalue weighted by Gasteiger charge is -2.26. The highest BCUT2D eigenvalue weighted by Gasteiger charge is 2.32. The van der Waals surface area contributed by atoms with Crippen LogP contribution < -0.4 is 0 Å². The Bertz CT molecular complexity index is 552. The van der Waals surface area contributed by atoms with E-state index >= 15 is 0 Å². The summed E-state index contributed by atoms with van der Waals surface area (Å²) in [6.07, 6.45) is 2.04. The Balaban J connectivity index is 2.26.